The lowest BCUT2D eigenvalue weighted by molar-refractivity contribution is -0.122. The predicted molar refractivity (Wildman–Crippen MR) is 66.3 cm³/mol. The summed E-state index contributed by atoms with van der Waals surface area (Å²) in [5, 5.41) is 2.81. The maximum Gasteiger partial charge on any atom is 0.242 e. The van der Waals surface area contributed by atoms with Crippen molar-refractivity contribution >= 4 is 17.4 Å². The van der Waals surface area contributed by atoms with Crippen LogP contribution in [0.2, 0.25) is 0 Å². The van der Waals surface area contributed by atoms with Crippen LogP contribution in [0.25, 0.3) is 0 Å². The Balaban J connectivity index is 2.39. The number of hydrogen-bond acceptors (Lipinski definition) is 3. The van der Waals surface area contributed by atoms with Gasteiger partial charge >= 0.3 is 0 Å². The summed E-state index contributed by atoms with van der Waals surface area (Å²) in [6, 6.07) is 7.20. The molecule has 90 valence electrons. The van der Waals surface area contributed by atoms with Gasteiger partial charge in [0.1, 0.15) is 6.04 Å². The van der Waals surface area contributed by atoms with E-state index >= 15 is 0 Å². The summed E-state index contributed by atoms with van der Waals surface area (Å²) in [5.74, 6) is 0.0355. The Morgan fingerprint density at radius 2 is 2.12 bits per heavy atom. The molecule has 1 atom stereocenters. The average molecular weight is 232 g/mol. The van der Waals surface area contributed by atoms with Gasteiger partial charge in [0.2, 0.25) is 5.91 Å². The van der Waals surface area contributed by atoms with Crippen molar-refractivity contribution in [2.45, 2.75) is 19.9 Å². The molecule has 1 unspecified atom stereocenters. The van der Waals surface area contributed by atoms with Crippen molar-refractivity contribution in [3.8, 4) is 0 Å². The molecule has 17 heavy (non-hydrogen) atoms. The van der Waals surface area contributed by atoms with Crippen LogP contribution in [-0.2, 0) is 4.79 Å². The van der Waals surface area contributed by atoms with Crippen molar-refractivity contribution < 1.29 is 9.59 Å². The van der Waals surface area contributed by atoms with Crippen molar-refractivity contribution in [2.75, 3.05) is 18.0 Å². The van der Waals surface area contributed by atoms with Gasteiger partial charge in [-0.1, -0.05) is 12.1 Å². The average Bonchev–Trinajstić information content (AvgIpc) is 2.33. The molecule has 0 spiro atoms. The quantitative estimate of drug-likeness (QED) is 0.780. The molecule has 0 saturated carbocycles. The number of carbonyl (C=O) groups excluding carboxylic acids is 2. The fourth-order valence-electron chi connectivity index (χ4n) is 2.13. The number of Topliss-reactive ketones (excluding diaryl/α,β-unsaturated/α-hetero) is 1. The minimum Gasteiger partial charge on any atom is -0.357 e. The molecular formula is C13H16N2O2. The van der Waals surface area contributed by atoms with Gasteiger partial charge < -0.3 is 10.2 Å². The maximum atomic E-state index is 11.6. The van der Waals surface area contributed by atoms with Gasteiger partial charge in [0.25, 0.3) is 0 Å². The molecule has 1 aromatic rings. The number of ketones is 1. The standard InChI is InChI=1S/C13H16N2O2/c1-9-13(17)14-7-8-15(9)12-6-4-3-5-11(12)10(2)16/h3-6,9H,7-8H2,1-2H3,(H,14,17). The minimum atomic E-state index is -0.232. The number of para-hydroxylation sites is 1. The Labute approximate surface area is 101 Å². The van der Waals surface area contributed by atoms with Crippen LogP contribution in [0.5, 0.6) is 0 Å². The zero-order chi connectivity index (χ0) is 12.4. The first-order valence-corrected chi connectivity index (χ1v) is 5.75. The second kappa shape index (κ2) is 4.57. The second-order valence-electron chi connectivity index (χ2n) is 4.23. The number of anilines is 1. The highest BCUT2D eigenvalue weighted by atomic mass is 16.2. The summed E-state index contributed by atoms with van der Waals surface area (Å²) in [7, 11) is 0. The highest BCUT2D eigenvalue weighted by Crippen LogP contribution is 2.23. The number of amides is 1. The van der Waals surface area contributed by atoms with E-state index in [9.17, 15) is 9.59 Å². The number of carbonyl (C=O) groups is 2. The van der Waals surface area contributed by atoms with Crippen LogP contribution in [0.15, 0.2) is 24.3 Å². The van der Waals surface area contributed by atoms with E-state index in [1.54, 1.807) is 13.0 Å². The Morgan fingerprint density at radius 3 is 2.82 bits per heavy atom. The number of benzene rings is 1. The largest absolute Gasteiger partial charge is 0.357 e. The Morgan fingerprint density at radius 1 is 1.41 bits per heavy atom. The molecular weight excluding hydrogens is 216 g/mol. The number of piperazine rings is 1. The molecule has 1 aliphatic heterocycles. The normalized spacial score (nSPS) is 20.0. The van der Waals surface area contributed by atoms with E-state index < -0.39 is 0 Å². The van der Waals surface area contributed by atoms with Crippen LogP contribution in [0.3, 0.4) is 0 Å². The molecule has 0 aliphatic carbocycles. The van der Waals surface area contributed by atoms with Crippen molar-refractivity contribution in [2.24, 2.45) is 0 Å². The molecule has 1 aromatic carbocycles. The van der Waals surface area contributed by atoms with Crippen LogP contribution < -0.4 is 10.2 Å². The van der Waals surface area contributed by atoms with E-state index in [0.717, 1.165) is 12.2 Å². The number of rotatable bonds is 2. The minimum absolute atomic E-state index is 0.00889. The third kappa shape index (κ3) is 2.16. The topological polar surface area (TPSA) is 49.4 Å². The molecule has 4 nitrogen and oxygen atoms in total. The molecule has 0 aromatic heterocycles. The third-order valence-corrected chi connectivity index (χ3v) is 3.09. The number of hydrogen-bond donors (Lipinski definition) is 1. The van der Waals surface area contributed by atoms with Crippen LogP contribution >= 0.6 is 0 Å². The lowest BCUT2D eigenvalue weighted by atomic mass is 10.1. The molecule has 1 amide bonds. The highest BCUT2D eigenvalue weighted by molar-refractivity contribution is 6.00. The van der Waals surface area contributed by atoms with Gasteiger partial charge in [-0.2, -0.15) is 0 Å². The summed E-state index contributed by atoms with van der Waals surface area (Å²) in [4.78, 5) is 25.2. The van der Waals surface area contributed by atoms with Gasteiger partial charge in [-0.15, -0.1) is 0 Å². The number of nitrogens with zero attached hydrogens (tertiary/aromatic N) is 1. The summed E-state index contributed by atoms with van der Waals surface area (Å²) in [6.07, 6.45) is 0. The molecule has 1 saturated heterocycles. The van der Waals surface area contributed by atoms with Crippen molar-refractivity contribution in [1.82, 2.24) is 5.32 Å². The first-order chi connectivity index (χ1) is 8.11. The van der Waals surface area contributed by atoms with Crippen LogP contribution in [0.4, 0.5) is 5.69 Å². The Hall–Kier alpha value is -1.84. The van der Waals surface area contributed by atoms with Crippen LogP contribution in [0.1, 0.15) is 24.2 Å². The summed E-state index contributed by atoms with van der Waals surface area (Å²) < 4.78 is 0. The van der Waals surface area contributed by atoms with Crippen molar-refractivity contribution in [3.63, 3.8) is 0 Å². The molecule has 1 N–H and O–H groups in total. The molecule has 1 heterocycles. The first-order valence-electron chi connectivity index (χ1n) is 5.75. The van der Waals surface area contributed by atoms with Crippen LogP contribution in [0, 0.1) is 0 Å². The van der Waals surface area contributed by atoms with Gasteiger partial charge in [-0.05, 0) is 26.0 Å². The fraction of sp³-hybridized carbons (Fsp3) is 0.385. The zero-order valence-electron chi connectivity index (χ0n) is 10.1. The molecule has 1 fully saturated rings. The van der Waals surface area contributed by atoms with E-state index in [0.29, 0.717) is 12.1 Å². The zero-order valence-corrected chi connectivity index (χ0v) is 10.1. The fourth-order valence-corrected chi connectivity index (χ4v) is 2.13. The number of nitrogens with one attached hydrogen (secondary N) is 1. The molecule has 1 aliphatic rings. The summed E-state index contributed by atoms with van der Waals surface area (Å²) in [5.41, 5.74) is 1.52. The molecule has 0 radical (unpaired) electrons. The van der Waals surface area contributed by atoms with E-state index in [2.05, 4.69) is 5.32 Å². The Kier molecular flexibility index (Phi) is 3.13. The predicted octanol–water partition coefficient (Wildman–Crippen LogP) is 1.21. The maximum absolute atomic E-state index is 11.6. The summed E-state index contributed by atoms with van der Waals surface area (Å²) in [6.45, 7) is 4.76. The van der Waals surface area contributed by atoms with Crippen molar-refractivity contribution in [1.29, 1.82) is 0 Å². The molecule has 0 bridgehead atoms. The SMILES string of the molecule is CC(=O)c1ccccc1N1CCNC(=O)C1C. The van der Waals surface area contributed by atoms with Crippen molar-refractivity contribution in [3.05, 3.63) is 29.8 Å². The van der Waals surface area contributed by atoms with Gasteiger partial charge in [0.15, 0.2) is 5.78 Å². The smallest absolute Gasteiger partial charge is 0.242 e. The molecule has 2 rings (SSSR count). The van der Waals surface area contributed by atoms with E-state index in [1.807, 2.05) is 30.0 Å². The third-order valence-electron chi connectivity index (χ3n) is 3.09. The highest BCUT2D eigenvalue weighted by Gasteiger charge is 2.27. The molecule has 4 heteroatoms. The summed E-state index contributed by atoms with van der Waals surface area (Å²) >= 11 is 0. The first kappa shape index (κ1) is 11.6. The van der Waals surface area contributed by atoms with Gasteiger partial charge in [-0.3, -0.25) is 9.59 Å². The second-order valence-corrected chi connectivity index (χ2v) is 4.23. The lowest BCUT2D eigenvalue weighted by Gasteiger charge is -2.35. The van der Waals surface area contributed by atoms with Gasteiger partial charge in [0, 0.05) is 24.3 Å². The Bertz CT molecular complexity index is 456. The lowest BCUT2D eigenvalue weighted by Crippen LogP contribution is -2.54. The van der Waals surface area contributed by atoms with E-state index in [1.165, 1.54) is 0 Å². The van der Waals surface area contributed by atoms with Gasteiger partial charge in [0.05, 0.1) is 0 Å². The van der Waals surface area contributed by atoms with E-state index in [-0.39, 0.29) is 17.7 Å². The monoisotopic (exact) mass is 232 g/mol. The van der Waals surface area contributed by atoms with Crippen LogP contribution in [-0.4, -0.2) is 30.8 Å². The van der Waals surface area contributed by atoms with E-state index in [4.69, 9.17) is 0 Å². The van der Waals surface area contributed by atoms with Gasteiger partial charge in [-0.25, -0.2) is 0 Å².